The zero-order chi connectivity index (χ0) is 15.1. The highest BCUT2D eigenvalue weighted by Gasteiger charge is 2.39. The molecule has 4 nitrogen and oxygen atoms in total. The van der Waals surface area contributed by atoms with E-state index in [1.54, 1.807) is 6.20 Å². The van der Waals surface area contributed by atoms with E-state index in [-0.39, 0.29) is 17.5 Å². The number of benzene rings is 1. The van der Waals surface area contributed by atoms with Gasteiger partial charge < -0.3 is 9.15 Å². The van der Waals surface area contributed by atoms with Crippen LogP contribution in [0.15, 0.2) is 57.0 Å². The lowest BCUT2D eigenvalue weighted by atomic mass is 9.77. The Morgan fingerprint density at radius 2 is 2.09 bits per heavy atom. The Morgan fingerprint density at radius 1 is 1.23 bits per heavy atom. The van der Waals surface area contributed by atoms with Gasteiger partial charge in [-0.15, -0.1) is 0 Å². The summed E-state index contributed by atoms with van der Waals surface area (Å²) in [6.45, 7) is 0. The number of hydrogen-bond acceptors (Lipinski definition) is 4. The summed E-state index contributed by atoms with van der Waals surface area (Å²) < 4.78 is 11.3. The van der Waals surface area contributed by atoms with Gasteiger partial charge in [0.25, 0.3) is 0 Å². The Hall–Kier alpha value is -2.33. The fourth-order valence-electron chi connectivity index (χ4n) is 3.12. The molecular formula is C17H12ClNO3. The molecule has 5 heteroatoms. The molecule has 2 atom stereocenters. The second kappa shape index (κ2) is 5.14. The monoisotopic (exact) mass is 313 g/mol. The van der Waals surface area contributed by atoms with Crippen molar-refractivity contribution < 1.29 is 9.15 Å². The molecule has 2 aliphatic rings. The van der Waals surface area contributed by atoms with Crippen LogP contribution in [0.3, 0.4) is 0 Å². The summed E-state index contributed by atoms with van der Waals surface area (Å²) in [4.78, 5) is 16.2. The lowest BCUT2D eigenvalue weighted by molar-refractivity contribution is 0.208. The standard InChI is InChI=1S/C17H12ClNO3/c18-14-4-2-1-3-10(14)11-7-12-15(20)5-6-21-17(12)13-8-19-9-22-16(11)13/h1-6,8-9,11,16H,7H2. The maximum atomic E-state index is 12.2. The topological polar surface area (TPSA) is 51.8 Å². The van der Waals surface area contributed by atoms with Gasteiger partial charge in [-0.25, -0.2) is 4.99 Å². The highest BCUT2D eigenvalue weighted by Crippen LogP contribution is 2.42. The molecular weight excluding hydrogens is 302 g/mol. The first kappa shape index (κ1) is 13.3. The summed E-state index contributed by atoms with van der Waals surface area (Å²) in [7, 11) is 0. The highest BCUT2D eigenvalue weighted by atomic mass is 35.5. The Morgan fingerprint density at radius 3 is 2.95 bits per heavy atom. The summed E-state index contributed by atoms with van der Waals surface area (Å²) in [5.41, 5.74) is 2.36. The van der Waals surface area contributed by atoms with E-state index in [1.807, 2.05) is 24.3 Å². The average molecular weight is 314 g/mol. The first-order chi connectivity index (χ1) is 10.8. The fraction of sp³-hybridized carbons (Fsp3) is 0.176. The predicted octanol–water partition coefficient (Wildman–Crippen LogP) is 3.40. The quantitative estimate of drug-likeness (QED) is 0.810. The zero-order valence-electron chi connectivity index (χ0n) is 11.5. The van der Waals surface area contributed by atoms with E-state index in [0.29, 0.717) is 22.8 Å². The zero-order valence-corrected chi connectivity index (χ0v) is 12.3. The Kier molecular flexibility index (Phi) is 3.12. The molecule has 1 aromatic carbocycles. The van der Waals surface area contributed by atoms with E-state index >= 15 is 0 Å². The van der Waals surface area contributed by atoms with Gasteiger partial charge in [0.15, 0.2) is 11.8 Å². The van der Waals surface area contributed by atoms with Gasteiger partial charge in [0.2, 0.25) is 0 Å². The third-order valence-electron chi connectivity index (χ3n) is 4.12. The maximum Gasteiger partial charge on any atom is 0.188 e. The summed E-state index contributed by atoms with van der Waals surface area (Å²) in [6, 6.07) is 9.08. The fourth-order valence-corrected chi connectivity index (χ4v) is 3.39. The Bertz CT molecular complexity index is 853. The van der Waals surface area contributed by atoms with Crippen molar-refractivity contribution in [1.82, 2.24) is 0 Å². The third-order valence-corrected chi connectivity index (χ3v) is 4.47. The highest BCUT2D eigenvalue weighted by molar-refractivity contribution is 6.31. The summed E-state index contributed by atoms with van der Waals surface area (Å²) in [5, 5.41) is 0.668. The Labute approximate surface area is 131 Å². The number of aliphatic imine (C=N–C) groups is 1. The van der Waals surface area contributed by atoms with Gasteiger partial charge in [-0.05, 0) is 18.1 Å². The van der Waals surface area contributed by atoms with Gasteiger partial charge in [-0.3, -0.25) is 4.79 Å². The second-order valence-electron chi connectivity index (χ2n) is 5.32. The smallest absolute Gasteiger partial charge is 0.188 e. The maximum absolute atomic E-state index is 12.2. The van der Waals surface area contributed by atoms with Crippen molar-refractivity contribution in [2.75, 3.05) is 0 Å². The van der Waals surface area contributed by atoms with E-state index in [4.69, 9.17) is 20.8 Å². The first-order valence-electron chi connectivity index (χ1n) is 6.98. The SMILES string of the molecule is O=c1ccoc2c1CC(c1ccccc1Cl)C1OC=NC=C21. The molecule has 0 N–H and O–H groups in total. The minimum absolute atomic E-state index is 0.0350. The summed E-state index contributed by atoms with van der Waals surface area (Å²) >= 11 is 6.35. The van der Waals surface area contributed by atoms with Crippen LogP contribution in [0.25, 0.3) is 5.57 Å². The van der Waals surface area contributed by atoms with Crippen LogP contribution in [0.1, 0.15) is 22.8 Å². The normalized spacial score (nSPS) is 22.3. The molecule has 0 radical (unpaired) electrons. The van der Waals surface area contributed by atoms with Gasteiger partial charge in [-0.1, -0.05) is 29.8 Å². The number of ether oxygens (including phenoxy) is 1. The van der Waals surface area contributed by atoms with Crippen molar-refractivity contribution >= 4 is 23.6 Å². The van der Waals surface area contributed by atoms with Crippen molar-refractivity contribution in [2.24, 2.45) is 4.99 Å². The van der Waals surface area contributed by atoms with E-state index in [0.717, 1.165) is 11.1 Å². The molecule has 1 aliphatic heterocycles. The van der Waals surface area contributed by atoms with Crippen molar-refractivity contribution in [2.45, 2.75) is 18.4 Å². The first-order valence-corrected chi connectivity index (χ1v) is 7.36. The van der Waals surface area contributed by atoms with E-state index in [9.17, 15) is 4.79 Å². The number of fused-ring (bicyclic) bond motifs is 3. The lowest BCUT2D eigenvalue weighted by Gasteiger charge is -2.34. The van der Waals surface area contributed by atoms with Crippen molar-refractivity contribution in [3.8, 4) is 0 Å². The molecule has 0 saturated heterocycles. The van der Waals surface area contributed by atoms with Gasteiger partial charge >= 0.3 is 0 Å². The van der Waals surface area contributed by atoms with Gasteiger partial charge in [-0.2, -0.15) is 0 Å². The van der Waals surface area contributed by atoms with Crippen LogP contribution in [0.2, 0.25) is 5.02 Å². The molecule has 2 aromatic rings. The molecule has 0 fully saturated rings. The summed E-state index contributed by atoms with van der Waals surface area (Å²) in [5.74, 6) is 0.516. The van der Waals surface area contributed by atoms with Crippen LogP contribution in [0, 0.1) is 0 Å². The third kappa shape index (κ3) is 1.99. The van der Waals surface area contributed by atoms with Gasteiger partial charge in [0.05, 0.1) is 11.8 Å². The number of rotatable bonds is 1. The van der Waals surface area contributed by atoms with Crippen LogP contribution in [-0.2, 0) is 11.2 Å². The largest absolute Gasteiger partial charge is 0.474 e. The van der Waals surface area contributed by atoms with Gasteiger partial charge in [0, 0.05) is 28.8 Å². The number of halogens is 1. The molecule has 0 spiro atoms. The van der Waals surface area contributed by atoms with Gasteiger partial charge in [0.1, 0.15) is 11.9 Å². The second-order valence-corrected chi connectivity index (χ2v) is 5.73. The van der Waals surface area contributed by atoms with Crippen molar-refractivity contribution in [3.63, 3.8) is 0 Å². The predicted molar refractivity (Wildman–Crippen MR) is 84.2 cm³/mol. The summed E-state index contributed by atoms with van der Waals surface area (Å²) in [6.07, 6.45) is 4.80. The van der Waals surface area contributed by atoms with Crippen LogP contribution >= 0.6 is 11.6 Å². The molecule has 22 heavy (non-hydrogen) atoms. The van der Waals surface area contributed by atoms with Crippen molar-refractivity contribution in [3.05, 3.63) is 74.9 Å². The molecule has 2 heterocycles. The molecule has 0 bridgehead atoms. The van der Waals surface area contributed by atoms with Crippen LogP contribution < -0.4 is 5.43 Å². The van der Waals surface area contributed by atoms with Crippen molar-refractivity contribution in [1.29, 1.82) is 0 Å². The Balaban J connectivity index is 1.92. The minimum Gasteiger partial charge on any atom is -0.474 e. The van der Waals surface area contributed by atoms with E-state index in [2.05, 4.69) is 4.99 Å². The number of nitrogens with zero attached hydrogens (tertiary/aromatic N) is 1. The van der Waals surface area contributed by atoms with Crippen LogP contribution in [-0.4, -0.2) is 12.5 Å². The van der Waals surface area contributed by atoms with E-state index < -0.39 is 0 Å². The van der Waals surface area contributed by atoms with Crippen LogP contribution in [0.5, 0.6) is 0 Å². The van der Waals surface area contributed by atoms with E-state index in [1.165, 1.54) is 18.7 Å². The van der Waals surface area contributed by atoms with Crippen LogP contribution in [0.4, 0.5) is 0 Å². The molecule has 0 saturated carbocycles. The molecule has 1 aliphatic carbocycles. The average Bonchev–Trinajstić information content (AvgIpc) is 2.55. The molecule has 110 valence electrons. The number of hydrogen-bond donors (Lipinski definition) is 0. The molecule has 1 aromatic heterocycles. The molecule has 2 unspecified atom stereocenters. The molecule has 4 rings (SSSR count). The minimum atomic E-state index is -0.254. The molecule has 0 amide bonds. The lowest BCUT2D eigenvalue weighted by Crippen LogP contribution is -2.34.